The van der Waals surface area contributed by atoms with Crippen molar-refractivity contribution in [1.82, 2.24) is 34.8 Å². The number of hydrogen-bond donors (Lipinski definition) is 2. The Kier molecular flexibility index (Phi) is 9.62. The smallest absolute Gasteiger partial charge is 0.414 e. The van der Waals surface area contributed by atoms with Gasteiger partial charge in [-0.1, -0.05) is 43.3 Å². The fraction of sp³-hybridized carbons (Fsp3) is 0.412. The van der Waals surface area contributed by atoms with Crippen LogP contribution in [-0.2, 0) is 27.4 Å². The molecule has 2 aromatic carbocycles. The molecule has 15 heteroatoms. The summed E-state index contributed by atoms with van der Waals surface area (Å²) in [7, 11) is 2.99. The standard InChI is InChI=1S/C34H39FN8O6/c1-20(2)30(40(3)33(45)46)32(44)42-13-5-6-29(42)31-36-15-28(37-31)22-9-7-21(8-10-22)26-12-11-24(14-27(26)35)43-18-25(49-34(43)47)17-41-16-23(19-48-4)38-39-41/h7-12,14-16,20,25,29-30H,5-6,13,17-19H2,1-4H3,(H,36,37)(H,45,46)/t25-,29-,30-/m0/s1. The summed E-state index contributed by atoms with van der Waals surface area (Å²) in [5.74, 6) is -0.281. The highest BCUT2D eigenvalue weighted by Crippen LogP contribution is 2.34. The van der Waals surface area contributed by atoms with Crippen LogP contribution in [0.4, 0.5) is 19.7 Å². The molecule has 0 unspecified atom stereocenters. The number of likely N-dealkylation sites (tertiary alicyclic amines) is 1. The third kappa shape index (κ3) is 6.97. The number of aromatic amines is 1. The summed E-state index contributed by atoms with van der Waals surface area (Å²) in [5.41, 5.74) is 3.65. The van der Waals surface area contributed by atoms with Gasteiger partial charge in [-0.15, -0.1) is 5.10 Å². The molecule has 2 N–H and O–H groups in total. The number of benzene rings is 2. The van der Waals surface area contributed by atoms with Crippen LogP contribution in [0, 0.1) is 11.7 Å². The van der Waals surface area contributed by atoms with E-state index in [2.05, 4.69) is 20.3 Å². The lowest BCUT2D eigenvalue weighted by Gasteiger charge is -2.33. The summed E-state index contributed by atoms with van der Waals surface area (Å²) >= 11 is 0. The average Bonchev–Trinajstić information content (AvgIpc) is 3.89. The van der Waals surface area contributed by atoms with Crippen molar-refractivity contribution in [3.8, 4) is 22.4 Å². The molecule has 2 saturated heterocycles. The summed E-state index contributed by atoms with van der Waals surface area (Å²) in [6.45, 7) is 5.07. The molecular weight excluding hydrogens is 635 g/mol. The number of nitrogens with zero attached hydrogens (tertiary/aromatic N) is 7. The van der Waals surface area contributed by atoms with Gasteiger partial charge >= 0.3 is 12.2 Å². The fourth-order valence-electron chi connectivity index (χ4n) is 6.57. The lowest BCUT2D eigenvalue weighted by Crippen LogP contribution is -2.51. The van der Waals surface area contributed by atoms with E-state index in [0.717, 1.165) is 22.6 Å². The first-order valence-electron chi connectivity index (χ1n) is 16.1. The van der Waals surface area contributed by atoms with E-state index >= 15 is 4.39 Å². The number of rotatable bonds is 11. The Morgan fingerprint density at radius 1 is 1.18 bits per heavy atom. The molecule has 0 spiro atoms. The Morgan fingerprint density at radius 3 is 2.63 bits per heavy atom. The molecule has 6 rings (SSSR count). The van der Waals surface area contributed by atoms with Gasteiger partial charge in [-0.05, 0) is 48.1 Å². The van der Waals surface area contributed by atoms with Crippen molar-refractivity contribution in [1.29, 1.82) is 0 Å². The normalized spacial score (nSPS) is 18.3. The Bertz CT molecular complexity index is 1820. The third-order valence-corrected chi connectivity index (χ3v) is 8.96. The number of H-pyrrole nitrogens is 1. The quantitative estimate of drug-likeness (QED) is 0.225. The van der Waals surface area contributed by atoms with E-state index in [1.807, 2.05) is 38.1 Å². The van der Waals surface area contributed by atoms with Gasteiger partial charge in [0.25, 0.3) is 0 Å². The molecule has 14 nitrogen and oxygen atoms in total. The first-order valence-corrected chi connectivity index (χ1v) is 16.1. The van der Waals surface area contributed by atoms with Gasteiger partial charge in [-0.3, -0.25) is 14.6 Å². The molecule has 3 amide bonds. The summed E-state index contributed by atoms with van der Waals surface area (Å²) in [6, 6.07) is 10.9. The number of halogens is 1. The van der Waals surface area contributed by atoms with Crippen LogP contribution in [0.2, 0.25) is 0 Å². The number of likely N-dealkylation sites (N-methyl/N-ethyl adjacent to an activating group) is 1. The molecule has 2 aliphatic heterocycles. The van der Waals surface area contributed by atoms with E-state index < -0.39 is 30.1 Å². The van der Waals surface area contributed by atoms with Crippen LogP contribution in [0.3, 0.4) is 0 Å². The second-order valence-corrected chi connectivity index (χ2v) is 12.7. The van der Waals surface area contributed by atoms with Gasteiger partial charge in [0, 0.05) is 26.3 Å². The largest absolute Gasteiger partial charge is 0.465 e. The van der Waals surface area contributed by atoms with Gasteiger partial charge in [0.05, 0.1) is 49.5 Å². The summed E-state index contributed by atoms with van der Waals surface area (Å²) < 4.78 is 27.6. The van der Waals surface area contributed by atoms with Crippen LogP contribution in [0.5, 0.6) is 0 Å². The van der Waals surface area contributed by atoms with Crippen molar-refractivity contribution in [2.75, 3.05) is 32.1 Å². The molecular formula is C34H39FN8O6. The number of hydrogen-bond acceptors (Lipinski definition) is 8. The highest BCUT2D eigenvalue weighted by molar-refractivity contribution is 5.90. The van der Waals surface area contributed by atoms with Crippen molar-refractivity contribution in [2.45, 2.75) is 58.0 Å². The number of aromatic nitrogens is 5. The van der Waals surface area contributed by atoms with Crippen LogP contribution in [0.15, 0.2) is 54.9 Å². The minimum atomic E-state index is -1.15. The third-order valence-electron chi connectivity index (χ3n) is 8.96. The zero-order valence-corrected chi connectivity index (χ0v) is 27.7. The second kappa shape index (κ2) is 14.0. The topological polar surface area (TPSA) is 159 Å². The van der Waals surface area contributed by atoms with Gasteiger partial charge in [-0.2, -0.15) is 0 Å². The van der Waals surface area contributed by atoms with E-state index in [4.69, 9.17) is 9.47 Å². The van der Waals surface area contributed by atoms with Crippen LogP contribution < -0.4 is 4.90 Å². The summed E-state index contributed by atoms with van der Waals surface area (Å²) in [6.07, 6.45) is 2.74. The van der Waals surface area contributed by atoms with Gasteiger partial charge in [0.2, 0.25) is 5.91 Å². The van der Waals surface area contributed by atoms with Crippen molar-refractivity contribution in [2.24, 2.45) is 5.92 Å². The number of imidazole rings is 1. The average molecular weight is 675 g/mol. The highest BCUT2D eigenvalue weighted by Gasteiger charge is 2.39. The Morgan fingerprint density at radius 2 is 1.94 bits per heavy atom. The molecule has 4 aromatic rings. The predicted molar refractivity (Wildman–Crippen MR) is 176 cm³/mol. The van der Waals surface area contributed by atoms with E-state index in [9.17, 15) is 19.5 Å². The molecule has 2 aliphatic rings. The predicted octanol–water partition coefficient (Wildman–Crippen LogP) is 4.94. The first kappa shape index (κ1) is 33.6. The van der Waals surface area contributed by atoms with Gasteiger partial charge in [0.1, 0.15) is 29.5 Å². The zero-order chi connectivity index (χ0) is 34.8. The number of cyclic esters (lactones) is 1. The first-order chi connectivity index (χ1) is 23.5. The second-order valence-electron chi connectivity index (χ2n) is 12.7. The highest BCUT2D eigenvalue weighted by atomic mass is 19.1. The summed E-state index contributed by atoms with van der Waals surface area (Å²) in [5, 5.41) is 17.6. The number of ether oxygens (including phenoxy) is 2. The Labute approximate surface area is 282 Å². The minimum absolute atomic E-state index is 0.197. The van der Waals surface area contributed by atoms with E-state index in [0.29, 0.717) is 54.4 Å². The van der Waals surface area contributed by atoms with Crippen molar-refractivity contribution >= 4 is 23.8 Å². The van der Waals surface area contributed by atoms with Crippen molar-refractivity contribution in [3.05, 3.63) is 72.2 Å². The van der Waals surface area contributed by atoms with E-state index in [1.54, 1.807) is 41.2 Å². The molecule has 258 valence electrons. The molecule has 4 heterocycles. The maximum Gasteiger partial charge on any atom is 0.414 e. The summed E-state index contributed by atoms with van der Waals surface area (Å²) in [4.78, 5) is 49.9. The van der Waals surface area contributed by atoms with E-state index in [1.165, 1.54) is 18.0 Å². The van der Waals surface area contributed by atoms with Crippen LogP contribution in [0.25, 0.3) is 22.4 Å². The number of carboxylic acid groups (broad SMARTS) is 1. The molecule has 0 radical (unpaired) electrons. The number of methoxy groups -OCH3 is 1. The maximum absolute atomic E-state index is 15.4. The Hall–Kier alpha value is -5.31. The van der Waals surface area contributed by atoms with Crippen molar-refractivity contribution < 1.29 is 33.4 Å². The van der Waals surface area contributed by atoms with Gasteiger partial charge in [0.15, 0.2) is 0 Å². The van der Waals surface area contributed by atoms with Gasteiger partial charge in [-0.25, -0.2) is 23.6 Å². The molecule has 3 atom stereocenters. The monoisotopic (exact) mass is 674 g/mol. The maximum atomic E-state index is 15.4. The van der Waals surface area contributed by atoms with E-state index in [-0.39, 0.29) is 24.4 Å². The van der Waals surface area contributed by atoms with Crippen LogP contribution in [0.1, 0.15) is 44.2 Å². The molecule has 49 heavy (non-hydrogen) atoms. The molecule has 2 aromatic heterocycles. The molecule has 0 saturated carbocycles. The number of carbonyl (C=O) groups excluding carboxylic acids is 2. The number of nitrogens with one attached hydrogen (secondary N) is 1. The minimum Gasteiger partial charge on any atom is -0.465 e. The number of carbonyl (C=O) groups is 3. The number of anilines is 1. The van der Waals surface area contributed by atoms with Crippen molar-refractivity contribution in [3.63, 3.8) is 0 Å². The van der Waals surface area contributed by atoms with Crippen LogP contribution >= 0.6 is 0 Å². The lowest BCUT2D eigenvalue weighted by atomic mass is 10.0. The van der Waals surface area contributed by atoms with Crippen LogP contribution in [-0.4, -0.2) is 97.4 Å². The molecule has 2 fully saturated rings. The van der Waals surface area contributed by atoms with Gasteiger partial charge < -0.3 is 24.5 Å². The SMILES string of the molecule is COCc1cn(C[C@H]2CN(c3ccc(-c4ccc(-c5cnc([C@@H]6CCCN6C(=O)[C@H](C(C)C)N(C)C(=O)O)[nH]5)cc4)c(F)c3)C(=O)O2)nn1. The Balaban J connectivity index is 1.12. The fourth-order valence-corrected chi connectivity index (χ4v) is 6.57. The molecule has 0 bridgehead atoms. The zero-order valence-electron chi connectivity index (χ0n) is 27.7. The lowest BCUT2D eigenvalue weighted by molar-refractivity contribution is -0.138. The number of amides is 3. The molecule has 0 aliphatic carbocycles.